The van der Waals surface area contributed by atoms with Crippen molar-refractivity contribution >= 4 is 40.2 Å². The molecule has 3 aromatic rings. The highest BCUT2D eigenvalue weighted by Crippen LogP contribution is 2.28. The molecular formula is C24H28ClN5O. The quantitative estimate of drug-likeness (QED) is 0.588. The molecule has 0 aliphatic heterocycles. The van der Waals surface area contributed by atoms with E-state index >= 15 is 0 Å². The highest BCUT2D eigenvalue weighted by atomic mass is 35.5. The van der Waals surface area contributed by atoms with Gasteiger partial charge in [0.25, 0.3) is 0 Å². The van der Waals surface area contributed by atoms with E-state index in [2.05, 4.69) is 10.6 Å². The van der Waals surface area contributed by atoms with Gasteiger partial charge in [-0.3, -0.25) is 4.79 Å². The van der Waals surface area contributed by atoms with Gasteiger partial charge in [-0.1, -0.05) is 41.9 Å². The van der Waals surface area contributed by atoms with Gasteiger partial charge in [0.15, 0.2) is 0 Å². The number of nitrogens with one attached hydrogen (secondary N) is 2. The molecule has 0 bridgehead atoms. The summed E-state index contributed by atoms with van der Waals surface area (Å²) in [7, 11) is 3.98. The molecule has 2 aromatic carbocycles. The van der Waals surface area contributed by atoms with E-state index in [0.29, 0.717) is 17.5 Å². The Morgan fingerprint density at radius 2 is 1.74 bits per heavy atom. The zero-order valence-corrected chi connectivity index (χ0v) is 18.7. The molecule has 6 nitrogen and oxygen atoms in total. The summed E-state index contributed by atoms with van der Waals surface area (Å²) in [5, 5.41) is 8.26. The number of aromatic nitrogens is 2. The number of hydrogen-bond donors (Lipinski definition) is 2. The maximum atomic E-state index is 12.6. The van der Waals surface area contributed by atoms with Crippen molar-refractivity contribution in [3.8, 4) is 0 Å². The van der Waals surface area contributed by atoms with Gasteiger partial charge in [0, 0.05) is 43.0 Å². The van der Waals surface area contributed by atoms with Crippen LogP contribution in [0, 0.1) is 5.92 Å². The highest BCUT2D eigenvalue weighted by Gasteiger charge is 2.27. The molecule has 4 rings (SSSR count). The Labute approximate surface area is 188 Å². The van der Waals surface area contributed by atoms with Gasteiger partial charge in [-0.05, 0) is 49.4 Å². The molecule has 0 unspecified atom stereocenters. The number of para-hydroxylation sites is 1. The first-order valence-corrected chi connectivity index (χ1v) is 11.1. The minimum Gasteiger partial charge on any atom is -0.362 e. The second kappa shape index (κ2) is 9.52. The van der Waals surface area contributed by atoms with Crippen molar-refractivity contribution in [1.29, 1.82) is 0 Å². The first-order valence-electron chi connectivity index (χ1n) is 10.7. The van der Waals surface area contributed by atoms with Crippen molar-refractivity contribution in [2.75, 3.05) is 24.3 Å². The third kappa shape index (κ3) is 5.07. The monoisotopic (exact) mass is 437 g/mol. The number of fused-ring (bicyclic) bond motifs is 1. The second-order valence-corrected chi connectivity index (χ2v) is 8.69. The standard InChI is InChI=1S/C24H28ClN5O/c1-30(2)22-19-8-4-6-10-21(19)28-24(29-22)27-18-13-11-16(12-14-18)23(31)26-15-17-7-3-5-9-20(17)25/h3-10,16,18H,11-15H2,1-2H3,(H,26,31)(H,27,28,29)/t16-,18+. The molecule has 0 atom stereocenters. The minimum atomic E-state index is 0.0374. The lowest BCUT2D eigenvalue weighted by atomic mass is 9.85. The van der Waals surface area contributed by atoms with Gasteiger partial charge in [-0.25, -0.2) is 4.98 Å². The number of rotatable bonds is 6. The molecule has 0 radical (unpaired) electrons. The molecule has 1 aliphatic carbocycles. The molecule has 1 heterocycles. The third-order valence-electron chi connectivity index (χ3n) is 5.85. The number of carbonyl (C=O) groups is 1. The van der Waals surface area contributed by atoms with Gasteiger partial charge in [-0.15, -0.1) is 0 Å². The zero-order valence-electron chi connectivity index (χ0n) is 17.9. The number of benzene rings is 2. The lowest BCUT2D eigenvalue weighted by molar-refractivity contribution is -0.126. The van der Waals surface area contributed by atoms with Crippen molar-refractivity contribution in [2.24, 2.45) is 5.92 Å². The Kier molecular flexibility index (Phi) is 6.56. The van der Waals surface area contributed by atoms with Crippen molar-refractivity contribution in [1.82, 2.24) is 15.3 Å². The van der Waals surface area contributed by atoms with Crippen molar-refractivity contribution in [2.45, 2.75) is 38.3 Å². The predicted octanol–water partition coefficient (Wildman–Crippen LogP) is 4.64. The smallest absolute Gasteiger partial charge is 0.225 e. The molecule has 1 saturated carbocycles. The summed E-state index contributed by atoms with van der Waals surface area (Å²) in [5.74, 6) is 1.69. The van der Waals surface area contributed by atoms with E-state index in [4.69, 9.17) is 21.6 Å². The van der Waals surface area contributed by atoms with Crippen LogP contribution in [0.3, 0.4) is 0 Å². The van der Waals surface area contributed by atoms with E-state index in [1.54, 1.807) is 0 Å². The number of halogens is 1. The summed E-state index contributed by atoms with van der Waals surface area (Å²) in [4.78, 5) is 24.0. The molecular weight excluding hydrogens is 410 g/mol. The lowest BCUT2D eigenvalue weighted by Crippen LogP contribution is -2.36. The Morgan fingerprint density at radius 3 is 2.48 bits per heavy atom. The van der Waals surface area contributed by atoms with Gasteiger partial charge in [0.2, 0.25) is 11.9 Å². The summed E-state index contributed by atoms with van der Waals surface area (Å²) in [6.07, 6.45) is 3.52. The average Bonchev–Trinajstić information content (AvgIpc) is 2.78. The molecule has 0 spiro atoms. The number of anilines is 2. The summed E-state index contributed by atoms with van der Waals surface area (Å²) in [6.45, 7) is 0.467. The van der Waals surface area contributed by atoms with Crippen molar-refractivity contribution < 1.29 is 4.79 Å². The van der Waals surface area contributed by atoms with E-state index in [-0.39, 0.29) is 17.9 Å². The van der Waals surface area contributed by atoms with E-state index in [1.165, 1.54) is 0 Å². The van der Waals surface area contributed by atoms with Gasteiger partial charge < -0.3 is 15.5 Å². The molecule has 0 saturated heterocycles. The SMILES string of the molecule is CN(C)c1nc(N[C@H]2CC[C@@H](C(=O)NCc3ccccc3Cl)CC2)nc2ccccc12. The fourth-order valence-electron chi connectivity index (χ4n) is 4.12. The molecule has 1 aromatic heterocycles. The minimum absolute atomic E-state index is 0.0374. The molecule has 2 N–H and O–H groups in total. The number of carbonyl (C=O) groups excluding carboxylic acids is 1. The van der Waals surface area contributed by atoms with Crippen LogP contribution in [0.1, 0.15) is 31.2 Å². The predicted molar refractivity (Wildman–Crippen MR) is 127 cm³/mol. The van der Waals surface area contributed by atoms with Gasteiger partial charge >= 0.3 is 0 Å². The Hall–Kier alpha value is -2.86. The van der Waals surface area contributed by atoms with E-state index in [9.17, 15) is 4.79 Å². The summed E-state index contributed by atoms with van der Waals surface area (Å²) in [5.41, 5.74) is 1.87. The average molecular weight is 438 g/mol. The van der Waals surface area contributed by atoms with Crippen LogP contribution in [-0.2, 0) is 11.3 Å². The Balaban J connectivity index is 1.34. The van der Waals surface area contributed by atoms with Crippen LogP contribution < -0.4 is 15.5 Å². The number of amides is 1. The maximum absolute atomic E-state index is 12.6. The first kappa shape index (κ1) is 21.4. The molecule has 162 valence electrons. The molecule has 1 amide bonds. The van der Waals surface area contributed by atoms with Crippen LogP contribution in [0.5, 0.6) is 0 Å². The third-order valence-corrected chi connectivity index (χ3v) is 6.22. The van der Waals surface area contributed by atoms with Crippen LogP contribution in [0.2, 0.25) is 5.02 Å². The fourth-order valence-corrected chi connectivity index (χ4v) is 4.32. The van der Waals surface area contributed by atoms with E-state index in [0.717, 1.165) is 48.0 Å². The van der Waals surface area contributed by atoms with Crippen LogP contribution in [-0.4, -0.2) is 36.0 Å². The van der Waals surface area contributed by atoms with Crippen LogP contribution in [0.25, 0.3) is 10.9 Å². The molecule has 31 heavy (non-hydrogen) atoms. The van der Waals surface area contributed by atoms with Crippen LogP contribution in [0.4, 0.5) is 11.8 Å². The van der Waals surface area contributed by atoms with Gasteiger partial charge in [-0.2, -0.15) is 4.98 Å². The Bertz CT molecular complexity index is 1060. The van der Waals surface area contributed by atoms with Gasteiger partial charge in [0.05, 0.1) is 5.52 Å². The highest BCUT2D eigenvalue weighted by molar-refractivity contribution is 6.31. The fraction of sp³-hybridized carbons (Fsp3) is 0.375. The van der Waals surface area contributed by atoms with Gasteiger partial charge in [0.1, 0.15) is 5.82 Å². The number of hydrogen-bond acceptors (Lipinski definition) is 5. The van der Waals surface area contributed by atoms with Crippen molar-refractivity contribution in [3.63, 3.8) is 0 Å². The maximum Gasteiger partial charge on any atom is 0.225 e. The van der Waals surface area contributed by atoms with Crippen LogP contribution >= 0.6 is 11.6 Å². The molecule has 1 aliphatic rings. The lowest BCUT2D eigenvalue weighted by Gasteiger charge is -2.28. The summed E-state index contributed by atoms with van der Waals surface area (Å²) in [6, 6.07) is 15.9. The van der Waals surface area contributed by atoms with Crippen LogP contribution in [0.15, 0.2) is 48.5 Å². The summed E-state index contributed by atoms with van der Waals surface area (Å²) >= 11 is 6.18. The molecule has 1 fully saturated rings. The largest absolute Gasteiger partial charge is 0.362 e. The second-order valence-electron chi connectivity index (χ2n) is 8.28. The normalized spacial score (nSPS) is 18.5. The van der Waals surface area contributed by atoms with Crippen molar-refractivity contribution in [3.05, 3.63) is 59.1 Å². The number of nitrogens with zero attached hydrogens (tertiary/aromatic N) is 3. The van der Waals surface area contributed by atoms with E-state index in [1.807, 2.05) is 67.5 Å². The summed E-state index contributed by atoms with van der Waals surface area (Å²) < 4.78 is 0. The van der Waals surface area contributed by atoms with E-state index < -0.39 is 0 Å². The molecule has 7 heteroatoms. The zero-order chi connectivity index (χ0) is 21.8. The topological polar surface area (TPSA) is 70.2 Å². The first-order chi connectivity index (χ1) is 15.0. The Morgan fingerprint density at radius 1 is 1.03 bits per heavy atom.